The maximum atomic E-state index is 13.3. The van der Waals surface area contributed by atoms with Crippen LogP contribution in [0.1, 0.15) is 31.3 Å². The molecule has 3 amide bonds. The van der Waals surface area contributed by atoms with Gasteiger partial charge in [0.25, 0.3) is 17.7 Å². The topological polar surface area (TPSA) is 121 Å². The Balaban J connectivity index is 1.75. The lowest BCUT2D eigenvalue weighted by atomic mass is 10.2. The number of aromatic nitrogens is 2. The number of nitrogens with zero attached hydrogens (tertiary/aromatic N) is 2. The van der Waals surface area contributed by atoms with Gasteiger partial charge in [-0.15, -0.1) is 0 Å². The molecule has 0 aliphatic carbocycles. The van der Waals surface area contributed by atoms with Crippen LogP contribution in [0.25, 0.3) is 0 Å². The maximum absolute atomic E-state index is 13.3. The van der Waals surface area contributed by atoms with Gasteiger partial charge in [0.1, 0.15) is 11.5 Å². The molecule has 0 bridgehead atoms. The van der Waals surface area contributed by atoms with Crippen LogP contribution in [-0.4, -0.2) is 34.7 Å². The minimum absolute atomic E-state index is 0.000511. The molecule has 2 aromatic carbocycles. The quantitative estimate of drug-likeness (QED) is 0.593. The number of hydrogen-bond acceptors (Lipinski definition) is 4. The predicted octanol–water partition coefficient (Wildman–Crippen LogP) is 2.83. The number of halogens is 2. The fourth-order valence-electron chi connectivity index (χ4n) is 2.56. The van der Waals surface area contributed by atoms with E-state index in [1.807, 2.05) is 0 Å². The lowest BCUT2D eigenvalue weighted by Crippen LogP contribution is -2.29. The Labute approximate surface area is 169 Å². The summed E-state index contributed by atoms with van der Waals surface area (Å²) in [5.41, 5.74) is 5.93. The standard InChI is InChI=1S/C19H15ClFN5O3/c1-26(19(29)16-15(17(22)27)23-9-24-16)12-5-3-11(4-6-12)25-18(28)13-8-10(21)2-7-14(13)20/h2-9H,1H3,(H2,22,27)(H,23,24)(H,25,28). The lowest BCUT2D eigenvalue weighted by molar-refractivity contribution is 0.0958. The zero-order valence-electron chi connectivity index (χ0n) is 15.1. The number of amides is 3. The first-order valence-corrected chi connectivity index (χ1v) is 8.63. The number of carbonyl (C=O) groups excluding carboxylic acids is 3. The van der Waals surface area contributed by atoms with Crippen LogP contribution in [0.15, 0.2) is 48.8 Å². The van der Waals surface area contributed by atoms with Gasteiger partial charge in [-0.25, -0.2) is 9.37 Å². The fourth-order valence-corrected chi connectivity index (χ4v) is 2.76. The van der Waals surface area contributed by atoms with E-state index in [9.17, 15) is 18.8 Å². The fraction of sp³-hybridized carbons (Fsp3) is 0.0526. The van der Waals surface area contributed by atoms with Crippen molar-refractivity contribution >= 4 is 40.7 Å². The number of primary amides is 1. The SMILES string of the molecule is CN(C(=O)c1nc[nH]c1C(N)=O)c1ccc(NC(=O)c2cc(F)ccc2Cl)cc1. The number of anilines is 2. The van der Waals surface area contributed by atoms with Crippen molar-refractivity contribution in [1.82, 2.24) is 9.97 Å². The Morgan fingerprint density at radius 2 is 1.86 bits per heavy atom. The summed E-state index contributed by atoms with van der Waals surface area (Å²) in [4.78, 5) is 43.9. The summed E-state index contributed by atoms with van der Waals surface area (Å²) in [6, 6.07) is 9.77. The van der Waals surface area contributed by atoms with E-state index in [0.717, 1.165) is 12.1 Å². The highest BCUT2D eigenvalue weighted by molar-refractivity contribution is 6.34. The summed E-state index contributed by atoms with van der Waals surface area (Å²) in [5, 5.41) is 2.72. The van der Waals surface area contributed by atoms with Gasteiger partial charge >= 0.3 is 0 Å². The molecule has 0 saturated carbocycles. The number of imidazole rings is 1. The summed E-state index contributed by atoms with van der Waals surface area (Å²) in [5.74, 6) is -2.49. The highest BCUT2D eigenvalue weighted by Gasteiger charge is 2.22. The molecule has 8 nitrogen and oxygen atoms in total. The number of benzene rings is 2. The monoisotopic (exact) mass is 415 g/mol. The van der Waals surface area contributed by atoms with E-state index in [2.05, 4.69) is 15.3 Å². The smallest absolute Gasteiger partial charge is 0.279 e. The lowest BCUT2D eigenvalue weighted by Gasteiger charge is -2.17. The van der Waals surface area contributed by atoms with Gasteiger partial charge in [0.15, 0.2) is 5.69 Å². The Hall–Kier alpha value is -3.72. The molecule has 29 heavy (non-hydrogen) atoms. The average Bonchev–Trinajstić information content (AvgIpc) is 3.19. The summed E-state index contributed by atoms with van der Waals surface area (Å²) < 4.78 is 13.3. The molecule has 0 atom stereocenters. The number of rotatable bonds is 5. The Morgan fingerprint density at radius 3 is 2.52 bits per heavy atom. The molecule has 3 aromatic rings. The van der Waals surface area contributed by atoms with E-state index in [1.54, 1.807) is 24.3 Å². The van der Waals surface area contributed by atoms with Gasteiger partial charge < -0.3 is 20.9 Å². The van der Waals surface area contributed by atoms with E-state index in [1.165, 1.54) is 24.3 Å². The molecule has 0 unspecified atom stereocenters. The zero-order valence-corrected chi connectivity index (χ0v) is 15.8. The number of nitrogens with one attached hydrogen (secondary N) is 2. The first kappa shape index (κ1) is 20.0. The second kappa shape index (κ2) is 8.11. The van der Waals surface area contributed by atoms with Crippen LogP contribution in [0.3, 0.4) is 0 Å². The molecule has 0 saturated heterocycles. The molecule has 0 fully saturated rings. The van der Waals surface area contributed by atoms with Gasteiger partial charge in [-0.3, -0.25) is 14.4 Å². The van der Waals surface area contributed by atoms with Crippen LogP contribution in [-0.2, 0) is 0 Å². The molecule has 148 valence electrons. The Kier molecular flexibility index (Phi) is 5.60. The normalized spacial score (nSPS) is 10.4. The molecule has 1 heterocycles. The minimum Gasteiger partial charge on any atom is -0.364 e. The first-order chi connectivity index (χ1) is 13.8. The molecule has 0 aliphatic heterocycles. The summed E-state index contributed by atoms with van der Waals surface area (Å²) in [7, 11) is 1.50. The average molecular weight is 416 g/mol. The van der Waals surface area contributed by atoms with Crippen molar-refractivity contribution in [2.24, 2.45) is 5.73 Å². The third-order valence-corrected chi connectivity index (χ3v) is 4.41. The van der Waals surface area contributed by atoms with E-state index in [4.69, 9.17) is 17.3 Å². The van der Waals surface area contributed by atoms with Crippen LogP contribution in [0.2, 0.25) is 5.02 Å². The van der Waals surface area contributed by atoms with E-state index >= 15 is 0 Å². The van der Waals surface area contributed by atoms with Gasteiger partial charge in [0.2, 0.25) is 0 Å². The van der Waals surface area contributed by atoms with Crippen molar-refractivity contribution in [1.29, 1.82) is 0 Å². The largest absolute Gasteiger partial charge is 0.364 e. The van der Waals surface area contributed by atoms with Crippen LogP contribution in [0.4, 0.5) is 15.8 Å². The number of nitrogens with two attached hydrogens (primary N) is 1. The number of carbonyl (C=O) groups is 3. The molecule has 0 spiro atoms. The molecule has 10 heteroatoms. The maximum Gasteiger partial charge on any atom is 0.279 e. The zero-order chi connectivity index (χ0) is 21.1. The van der Waals surface area contributed by atoms with Crippen molar-refractivity contribution in [2.75, 3.05) is 17.3 Å². The van der Waals surface area contributed by atoms with Crippen molar-refractivity contribution in [2.45, 2.75) is 0 Å². The number of aromatic amines is 1. The number of H-pyrrole nitrogens is 1. The van der Waals surface area contributed by atoms with Crippen molar-refractivity contribution in [3.63, 3.8) is 0 Å². The molecule has 0 aliphatic rings. The Morgan fingerprint density at radius 1 is 1.17 bits per heavy atom. The van der Waals surface area contributed by atoms with Crippen LogP contribution >= 0.6 is 11.6 Å². The summed E-state index contributed by atoms with van der Waals surface area (Å²) in [6.45, 7) is 0. The molecule has 4 N–H and O–H groups in total. The second-order valence-electron chi connectivity index (χ2n) is 5.98. The molecular weight excluding hydrogens is 401 g/mol. The van der Waals surface area contributed by atoms with Gasteiger partial charge in [-0.1, -0.05) is 11.6 Å². The first-order valence-electron chi connectivity index (χ1n) is 8.25. The second-order valence-corrected chi connectivity index (χ2v) is 6.39. The van der Waals surface area contributed by atoms with Gasteiger partial charge in [-0.2, -0.15) is 0 Å². The number of hydrogen-bond donors (Lipinski definition) is 3. The third kappa shape index (κ3) is 4.25. The van der Waals surface area contributed by atoms with Gasteiger partial charge in [-0.05, 0) is 42.5 Å². The summed E-state index contributed by atoms with van der Waals surface area (Å²) >= 11 is 5.93. The predicted molar refractivity (Wildman–Crippen MR) is 106 cm³/mol. The van der Waals surface area contributed by atoms with E-state index in [-0.39, 0.29) is 22.0 Å². The molecule has 0 radical (unpaired) electrons. The molecular formula is C19H15ClFN5O3. The minimum atomic E-state index is -0.798. The third-order valence-electron chi connectivity index (χ3n) is 4.08. The van der Waals surface area contributed by atoms with Crippen LogP contribution in [0, 0.1) is 5.82 Å². The highest BCUT2D eigenvalue weighted by Crippen LogP contribution is 2.22. The Bertz CT molecular complexity index is 1100. The van der Waals surface area contributed by atoms with Crippen molar-refractivity contribution in [3.8, 4) is 0 Å². The van der Waals surface area contributed by atoms with Gasteiger partial charge in [0.05, 0.1) is 16.9 Å². The van der Waals surface area contributed by atoms with E-state index in [0.29, 0.717) is 11.4 Å². The van der Waals surface area contributed by atoms with Gasteiger partial charge in [0, 0.05) is 18.4 Å². The van der Waals surface area contributed by atoms with Crippen molar-refractivity contribution < 1.29 is 18.8 Å². The highest BCUT2D eigenvalue weighted by atomic mass is 35.5. The van der Waals surface area contributed by atoms with Crippen LogP contribution < -0.4 is 16.0 Å². The molecule has 1 aromatic heterocycles. The molecule has 3 rings (SSSR count). The van der Waals surface area contributed by atoms with Crippen LogP contribution in [0.5, 0.6) is 0 Å². The van der Waals surface area contributed by atoms with Crippen molar-refractivity contribution in [3.05, 3.63) is 76.6 Å². The summed E-state index contributed by atoms with van der Waals surface area (Å²) in [6.07, 6.45) is 1.21. The van der Waals surface area contributed by atoms with E-state index < -0.39 is 23.5 Å².